The number of hydrogen-bond donors (Lipinski definition) is 1. The third-order valence-electron chi connectivity index (χ3n) is 3.08. The molecule has 2 aromatic rings. The van der Waals surface area contributed by atoms with Crippen LogP contribution in [0.1, 0.15) is 11.1 Å². The molecule has 0 aliphatic carbocycles. The van der Waals surface area contributed by atoms with Crippen molar-refractivity contribution in [3.8, 4) is 5.75 Å². The molecular weight excluding hydrogens is 310 g/mol. The number of anilines is 1. The lowest BCUT2D eigenvalue weighted by atomic mass is 10.2. The van der Waals surface area contributed by atoms with Gasteiger partial charge in [-0.1, -0.05) is 23.7 Å². The van der Waals surface area contributed by atoms with Gasteiger partial charge >= 0.3 is 0 Å². The molecule has 2 aromatic carbocycles. The first kappa shape index (κ1) is 15.7. The van der Waals surface area contributed by atoms with Crippen LogP contribution < -0.4 is 10.5 Å². The fraction of sp³-hybridized carbons (Fsp3) is 0.200. The van der Waals surface area contributed by atoms with Crippen LogP contribution in [0, 0.1) is 6.92 Å². The van der Waals surface area contributed by atoms with Crippen LogP contribution in [0.4, 0.5) is 5.69 Å². The fourth-order valence-electron chi connectivity index (χ4n) is 1.99. The molecule has 112 valence electrons. The monoisotopic (exact) mass is 325 g/mol. The van der Waals surface area contributed by atoms with E-state index in [1.807, 2.05) is 13.0 Å². The maximum absolute atomic E-state index is 12.6. The molecule has 4 nitrogen and oxygen atoms in total. The van der Waals surface area contributed by atoms with E-state index in [1.165, 1.54) is 25.3 Å². The van der Waals surface area contributed by atoms with Gasteiger partial charge in [0.15, 0.2) is 9.84 Å². The summed E-state index contributed by atoms with van der Waals surface area (Å²) in [5, 5.41) is 0.438. The molecule has 21 heavy (non-hydrogen) atoms. The quantitative estimate of drug-likeness (QED) is 0.876. The van der Waals surface area contributed by atoms with Gasteiger partial charge in [-0.2, -0.15) is 0 Å². The van der Waals surface area contributed by atoms with Crippen LogP contribution in [0.25, 0.3) is 0 Å². The molecule has 0 saturated carbocycles. The molecule has 0 unspecified atom stereocenters. The minimum absolute atomic E-state index is 0.107. The number of benzene rings is 2. The maximum atomic E-state index is 12.6. The van der Waals surface area contributed by atoms with Gasteiger partial charge in [-0.05, 0) is 36.2 Å². The van der Waals surface area contributed by atoms with Crippen molar-refractivity contribution in [3.63, 3.8) is 0 Å². The maximum Gasteiger partial charge on any atom is 0.186 e. The van der Waals surface area contributed by atoms with Gasteiger partial charge in [0, 0.05) is 16.8 Å². The summed E-state index contributed by atoms with van der Waals surface area (Å²) in [6.07, 6.45) is 0. The Bertz CT molecular complexity index is 772. The molecule has 0 spiro atoms. The van der Waals surface area contributed by atoms with E-state index in [9.17, 15) is 8.42 Å². The van der Waals surface area contributed by atoms with Crippen molar-refractivity contribution < 1.29 is 13.2 Å². The second kappa shape index (κ2) is 5.95. The zero-order valence-electron chi connectivity index (χ0n) is 11.8. The van der Waals surface area contributed by atoms with Gasteiger partial charge in [0.05, 0.1) is 12.9 Å². The van der Waals surface area contributed by atoms with Crippen LogP contribution in [-0.4, -0.2) is 15.5 Å². The minimum Gasteiger partial charge on any atom is -0.495 e. The van der Waals surface area contributed by atoms with Gasteiger partial charge in [-0.25, -0.2) is 8.42 Å². The van der Waals surface area contributed by atoms with Crippen LogP contribution >= 0.6 is 11.6 Å². The van der Waals surface area contributed by atoms with Crippen molar-refractivity contribution in [2.24, 2.45) is 0 Å². The number of sulfone groups is 1. The lowest BCUT2D eigenvalue weighted by Gasteiger charge is -2.11. The van der Waals surface area contributed by atoms with Crippen LogP contribution in [0.3, 0.4) is 0 Å². The molecule has 2 N–H and O–H groups in total. The Labute approximate surface area is 129 Å². The van der Waals surface area contributed by atoms with Crippen molar-refractivity contribution >= 4 is 27.1 Å². The number of hydrogen-bond acceptors (Lipinski definition) is 4. The van der Waals surface area contributed by atoms with E-state index in [0.29, 0.717) is 16.3 Å². The molecule has 0 atom stereocenters. The van der Waals surface area contributed by atoms with Crippen molar-refractivity contribution in [1.29, 1.82) is 0 Å². The first-order valence-corrected chi connectivity index (χ1v) is 8.28. The van der Waals surface area contributed by atoms with Crippen molar-refractivity contribution in [3.05, 3.63) is 52.5 Å². The Kier molecular flexibility index (Phi) is 4.44. The number of aryl methyl sites for hydroxylation is 1. The SMILES string of the molecule is COc1cc(N)ccc1S(=O)(=O)Cc1ccc(C)cc1Cl. The summed E-state index contributed by atoms with van der Waals surface area (Å²) < 4.78 is 30.2. The Morgan fingerprint density at radius 2 is 1.90 bits per heavy atom. The van der Waals surface area contributed by atoms with Crippen LogP contribution in [0.2, 0.25) is 5.02 Å². The average Bonchev–Trinajstić information content (AvgIpc) is 2.41. The highest BCUT2D eigenvalue weighted by molar-refractivity contribution is 7.90. The highest BCUT2D eigenvalue weighted by Crippen LogP contribution is 2.30. The topological polar surface area (TPSA) is 69.4 Å². The Morgan fingerprint density at radius 3 is 2.52 bits per heavy atom. The largest absolute Gasteiger partial charge is 0.495 e. The summed E-state index contributed by atoms with van der Waals surface area (Å²) in [4.78, 5) is 0.107. The van der Waals surface area contributed by atoms with E-state index in [-0.39, 0.29) is 16.4 Å². The van der Waals surface area contributed by atoms with Gasteiger partial charge in [0.2, 0.25) is 0 Å². The van der Waals surface area contributed by atoms with Gasteiger partial charge < -0.3 is 10.5 Å². The van der Waals surface area contributed by atoms with Crippen molar-refractivity contribution in [2.45, 2.75) is 17.6 Å². The number of halogens is 1. The molecule has 0 radical (unpaired) electrons. The van der Waals surface area contributed by atoms with Crippen molar-refractivity contribution in [2.75, 3.05) is 12.8 Å². The summed E-state index contributed by atoms with van der Waals surface area (Å²) in [7, 11) is -2.16. The Morgan fingerprint density at radius 1 is 1.19 bits per heavy atom. The van der Waals surface area contributed by atoms with Crippen LogP contribution in [0.15, 0.2) is 41.3 Å². The van der Waals surface area contributed by atoms with Gasteiger partial charge in [0.1, 0.15) is 10.6 Å². The molecule has 0 aliphatic heterocycles. The van der Waals surface area contributed by atoms with E-state index >= 15 is 0 Å². The highest BCUT2D eigenvalue weighted by atomic mass is 35.5. The summed E-state index contributed by atoms with van der Waals surface area (Å²) in [6, 6.07) is 9.77. The third-order valence-corrected chi connectivity index (χ3v) is 5.13. The minimum atomic E-state index is -3.57. The first-order chi connectivity index (χ1) is 9.83. The zero-order chi connectivity index (χ0) is 15.6. The molecule has 0 amide bonds. The molecular formula is C15H16ClNO3S. The van der Waals surface area contributed by atoms with E-state index < -0.39 is 9.84 Å². The molecule has 6 heteroatoms. The molecule has 0 bridgehead atoms. The van der Waals surface area contributed by atoms with Crippen molar-refractivity contribution in [1.82, 2.24) is 0 Å². The van der Waals surface area contributed by atoms with Gasteiger partial charge in [0.25, 0.3) is 0 Å². The second-order valence-electron chi connectivity index (χ2n) is 4.76. The smallest absolute Gasteiger partial charge is 0.186 e. The number of rotatable bonds is 4. The van der Waals surface area contributed by atoms with E-state index in [2.05, 4.69) is 0 Å². The molecule has 0 heterocycles. The normalized spacial score (nSPS) is 11.4. The standard InChI is InChI=1S/C15H16ClNO3S/c1-10-3-4-11(13(16)7-10)9-21(18,19)15-6-5-12(17)8-14(15)20-2/h3-8H,9,17H2,1-2H3. The zero-order valence-corrected chi connectivity index (χ0v) is 13.3. The van der Waals surface area contributed by atoms with Gasteiger partial charge in [-0.3, -0.25) is 0 Å². The number of methoxy groups -OCH3 is 1. The Balaban J connectivity index is 2.43. The summed E-state index contributed by atoms with van der Waals surface area (Å²) in [5.74, 6) is 0.0464. The molecule has 2 rings (SSSR count). The summed E-state index contributed by atoms with van der Waals surface area (Å²) >= 11 is 6.11. The molecule has 0 aliphatic rings. The third kappa shape index (κ3) is 3.49. The second-order valence-corrected chi connectivity index (χ2v) is 7.13. The number of nitrogen functional groups attached to an aromatic ring is 1. The number of nitrogens with two attached hydrogens (primary N) is 1. The predicted molar refractivity (Wildman–Crippen MR) is 84.5 cm³/mol. The van der Waals surface area contributed by atoms with E-state index in [0.717, 1.165) is 5.56 Å². The number of ether oxygens (including phenoxy) is 1. The van der Waals surface area contributed by atoms with Gasteiger partial charge in [-0.15, -0.1) is 0 Å². The first-order valence-electron chi connectivity index (χ1n) is 6.25. The molecule has 0 fully saturated rings. The summed E-state index contributed by atoms with van der Waals surface area (Å²) in [6.45, 7) is 1.90. The summed E-state index contributed by atoms with van der Waals surface area (Å²) in [5.41, 5.74) is 7.62. The fourth-order valence-corrected chi connectivity index (χ4v) is 3.91. The van der Waals surface area contributed by atoms with Crippen LogP contribution in [0.5, 0.6) is 5.75 Å². The van der Waals surface area contributed by atoms with E-state index in [1.54, 1.807) is 12.1 Å². The molecule has 0 aromatic heterocycles. The van der Waals surface area contributed by atoms with E-state index in [4.69, 9.17) is 22.1 Å². The average molecular weight is 326 g/mol. The lowest BCUT2D eigenvalue weighted by molar-refractivity contribution is 0.403. The Hall–Kier alpha value is -1.72. The van der Waals surface area contributed by atoms with Crippen LogP contribution in [-0.2, 0) is 15.6 Å². The predicted octanol–water partition coefficient (Wildman–Crippen LogP) is 3.21. The highest BCUT2D eigenvalue weighted by Gasteiger charge is 2.21. The molecule has 0 saturated heterocycles. The lowest BCUT2D eigenvalue weighted by Crippen LogP contribution is -2.08.